The van der Waals surface area contributed by atoms with Crippen LogP contribution in [0.2, 0.25) is 0 Å². The van der Waals surface area contributed by atoms with Gasteiger partial charge in [-0.1, -0.05) is 0 Å². The number of aryl methyl sites for hydroxylation is 1. The Kier molecular flexibility index (Phi) is 2.88. The zero-order chi connectivity index (χ0) is 13.6. The van der Waals surface area contributed by atoms with Crippen LogP contribution in [0.1, 0.15) is 48.5 Å². The number of nitrogens with zero attached hydrogens (tertiary/aromatic N) is 2. The van der Waals surface area contributed by atoms with E-state index in [4.69, 9.17) is 0 Å². The maximum absolute atomic E-state index is 11.9. The number of hydrogen-bond donors (Lipinski definition) is 1. The van der Waals surface area contributed by atoms with Gasteiger partial charge >= 0.3 is 5.97 Å². The van der Waals surface area contributed by atoms with E-state index in [1.165, 1.54) is 0 Å². The van der Waals surface area contributed by atoms with Crippen molar-refractivity contribution in [1.82, 2.24) is 9.55 Å². The highest BCUT2D eigenvalue weighted by molar-refractivity contribution is 7.91. The third-order valence-corrected chi connectivity index (χ3v) is 6.19. The minimum atomic E-state index is -3.10. The molecule has 0 bridgehead atoms. The quantitative estimate of drug-likeness (QED) is 0.878. The summed E-state index contributed by atoms with van der Waals surface area (Å²) in [6.07, 6.45) is 4.98. The molecule has 1 N–H and O–H groups in total. The lowest BCUT2D eigenvalue weighted by molar-refractivity contribution is -0.141. The Hall–Kier alpha value is -1.37. The molecule has 3 heterocycles. The van der Waals surface area contributed by atoms with E-state index in [1.54, 1.807) is 10.8 Å². The molecule has 1 aromatic heterocycles. The fourth-order valence-electron chi connectivity index (χ4n) is 3.02. The Morgan fingerprint density at radius 1 is 1.37 bits per heavy atom. The summed E-state index contributed by atoms with van der Waals surface area (Å²) in [5.41, 5.74) is 0.528. The zero-order valence-corrected chi connectivity index (χ0v) is 11.3. The molecule has 104 valence electrons. The molecule has 7 heteroatoms. The van der Waals surface area contributed by atoms with E-state index in [1.807, 2.05) is 0 Å². The van der Waals surface area contributed by atoms with Crippen LogP contribution in [0.4, 0.5) is 0 Å². The number of aromatic nitrogens is 2. The molecular formula is C12H16N2O4S. The standard InChI is InChI=1S/C12H16N2O4S/c15-12(16)9-3-1-5-11-13-8(7-14(9)11)10-4-2-6-19(10,17)18/h7,9-10H,1-6H2,(H,15,16). The third-order valence-electron chi connectivity index (χ3n) is 3.98. The van der Waals surface area contributed by atoms with Crippen LogP contribution in [0.3, 0.4) is 0 Å². The molecular weight excluding hydrogens is 268 g/mol. The highest BCUT2D eigenvalue weighted by Crippen LogP contribution is 2.36. The van der Waals surface area contributed by atoms with E-state index in [0.29, 0.717) is 30.8 Å². The van der Waals surface area contributed by atoms with Crippen molar-refractivity contribution >= 4 is 15.8 Å². The van der Waals surface area contributed by atoms with Crippen molar-refractivity contribution in [2.75, 3.05) is 5.75 Å². The Bertz CT molecular complexity index is 620. The van der Waals surface area contributed by atoms with Gasteiger partial charge in [-0.3, -0.25) is 0 Å². The molecule has 0 aromatic carbocycles. The molecule has 2 aliphatic rings. The van der Waals surface area contributed by atoms with Crippen LogP contribution in [0, 0.1) is 0 Å². The molecule has 0 saturated carbocycles. The van der Waals surface area contributed by atoms with Crippen LogP contribution < -0.4 is 0 Å². The fraction of sp³-hybridized carbons (Fsp3) is 0.667. The predicted molar refractivity (Wildman–Crippen MR) is 67.6 cm³/mol. The van der Waals surface area contributed by atoms with Crippen LogP contribution in [0.25, 0.3) is 0 Å². The Morgan fingerprint density at radius 2 is 2.16 bits per heavy atom. The summed E-state index contributed by atoms with van der Waals surface area (Å²) in [6.45, 7) is 0. The number of aliphatic carboxylic acids is 1. The summed E-state index contributed by atoms with van der Waals surface area (Å²) in [7, 11) is -3.10. The van der Waals surface area contributed by atoms with Crippen LogP contribution in [0.5, 0.6) is 0 Å². The molecule has 0 spiro atoms. The minimum Gasteiger partial charge on any atom is -0.480 e. The first-order valence-corrected chi connectivity index (χ1v) is 8.22. The van der Waals surface area contributed by atoms with Gasteiger partial charge in [-0.15, -0.1) is 0 Å². The largest absolute Gasteiger partial charge is 0.480 e. The van der Waals surface area contributed by atoms with E-state index in [0.717, 1.165) is 12.8 Å². The first-order valence-electron chi connectivity index (χ1n) is 6.51. The van der Waals surface area contributed by atoms with Gasteiger partial charge in [-0.25, -0.2) is 18.2 Å². The number of imidazole rings is 1. The van der Waals surface area contributed by atoms with Gasteiger partial charge < -0.3 is 9.67 Å². The monoisotopic (exact) mass is 284 g/mol. The Morgan fingerprint density at radius 3 is 2.79 bits per heavy atom. The minimum absolute atomic E-state index is 0.211. The van der Waals surface area contributed by atoms with Crippen molar-refractivity contribution in [2.24, 2.45) is 0 Å². The van der Waals surface area contributed by atoms with E-state index in [2.05, 4.69) is 4.98 Å². The lowest BCUT2D eigenvalue weighted by Crippen LogP contribution is -2.24. The number of sulfone groups is 1. The molecule has 6 nitrogen and oxygen atoms in total. The van der Waals surface area contributed by atoms with Crippen LogP contribution >= 0.6 is 0 Å². The molecule has 1 fully saturated rings. The average molecular weight is 284 g/mol. The molecule has 0 amide bonds. The number of carboxylic acids is 1. The fourth-order valence-corrected chi connectivity index (χ4v) is 4.88. The predicted octanol–water partition coefficient (Wildman–Crippen LogP) is 1.09. The molecule has 2 atom stereocenters. The second kappa shape index (κ2) is 4.33. The van der Waals surface area contributed by atoms with Crippen molar-refractivity contribution in [3.63, 3.8) is 0 Å². The van der Waals surface area contributed by atoms with Gasteiger partial charge in [0.15, 0.2) is 9.84 Å². The van der Waals surface area contributed by atoms with E-state index >= 15 is 0 Å². The number of fused-ring (bicyclic) bond motifs is 1. The number of rotatable bonds is 2. The second-order valence-electron chi connectivity index (χ2n) is 5.23. The van der Waals surface area contributed by atoms with Crippen LogP contribution in [-0.4, -0.2) is 34.8 Å². The van der Waals surface area contributed by atoms with Crippen molar-refractivity contribution < 1.29 is 18.3 Å². The number of hydrogen-bond acceptors (Lipinski definition) is 4. The lowest BCUT2D eigenvalue weighted by Gasteiger charge is -2.20. The molecule has 0 radical (unpaired) electrons. The first-order chi connectivity index (χ1) is 8.99. The first kappa shape index (κ1) is 12.7. The number of carboxylic acid groups (broad SMARTS) is 1. The maximum atomic E-state index is 11.9. The average Bonchev–Trinajstić information content (AvgIpc) is 2.90. The summed E-state index contributed by atoms with van der Waals surface area (Å²) in [5.74, 6) is 0.0392. The highest BCUT2D eigenvalue weighted by Gasteiger charge is 2.36. The lowest BCUT2D eigenvalue weighted by atomic mass is 10.1. The topological polar surface area (TPSA) is 89.3 Å². The molecule has 1 saturated heterocycles. The van der Waals surface area contributed by atoms with Gasteiger partial charge in [0.1, 0.15) is 17.1 Å². The zero-order valence-electron chi connectivity index (χ0n) is 10.4. The molecule has 1 aromatic rings. The Labute approximate surface area is 111 Å². The van der Waals surface area contributed by atoms with Crippen molar-refractivity contribution in [1.29, 1.82) is 0 Å². The highest BCUT2D eigenvalue weighted by atomic mass is 32.2. The van der Waals surface area contributed by atoms with E-state index in [9.17, 15) is 18.3 Å². The summed E-state index contributed by atoms with van der Waals surface area (Å²) in [5, 5.41) is 8.65. The molecule has 3 rings (SSSR count). The van der Waals surface area contributed by atoms with Crippen LogP contribution in [-0.2, 0) is 21.1 Å². The van der Waals surface area contributed by atoms with Crippen molar-refractivity contribution in [2.45, 2.75) is 43.4 Å². The number of carbonyl (C=O) groups is 1. The van der Waals surface area contributed by atoms with Gasteiger partial charge in [-0.2, -0.15) is 0 Å². The van der Waals surface area contributed by atoms with Crippen molar-refractivity contribution in [3.8, 4) is 0 Å². The van der Waals surface area contributed by atoms with Crippen LogP contribution in [0.15, 0.2) is 6.20 Å². The Balaban J connectivity index is 2.00. The second-order valence-corrected chi connectivity index (χ2v) is 7.54. The molecule has 19 heavy (non-hydrogen) atoms. The SMILES string of the molecule is O=C(O)C1CCCc2nc(C3CCCS3(=O)=O)cn21. The van der Waals surface area contributed by atoms with Gasteiger partial charge in [0.25, 0.3) is 0 Å². The smallest absolute Gasteiger partial charge is 0.326 e. The van der Waals surface area contributed by atoms with E-state index in [-0.39, 0.29) is 5.75 Å². The maximum Gasteiger partial charge on any atom is 0.326 e. The molecule has 2 unspecified atom stereocenters. The van der Waals surface area contributed by atoms with Gasteiger partial charge in [0, 0.05) is 12.6 Å². The summed E-state index contributed by atoms with van der Waals surface area (Å²) in [6, 6.07) is -0.603. The molecule has 0 aliphatic carbocycles. The van der Waals surface area contributed by atoms with E-state index < -0.39 is 27.1 Å². The summed E-state index contributed by atoms with van der Waals surface area (Å²) >= 11 is 0. The summed E-state index contributed by atoms with van der Waals surface area (Å²) in [4.78, 5) is 15.6. The molecule has 2 aliphatic heterocycles. The van der Waals surface area contributed by atoms with Gasteiger partial charge in [0.2, 0.25) is 0 Å². The van der Waals surface area contributed by atoms with Gasteiger partial charge in [-0.05, 0) is 25.7 Å². The van der Waals surface area contributed by atoms with Gasteiger partial charge in [0.05, 0.1) is 11.4 Å². The van der Waals surface area contributed by atoms with Crippen molar-refractivity contribution in [3.05, 3.63) is 17.7 Å². The normalized spacial score (nSPS) is 29.1. The third kappa shape index (κ3) is 2.05. The summed E-state index contributed by atoms with van der Waals surface area (Å²) < 4.78 is 25.5.